The maximum Gasteiger partial charge on any atom is 0.325 e. The molecule has 0 spiro atoms. The van der Waals surface area contributed by atoms with Gasteiger partial charge in [-0.2, -0.15) is 0 Å². The lowest BCUT2D eigenvalue weighted by Crippen LogP contribution is -2.35. The molecular formula is C17H23NO3. The molecular weight excluding hydrogens is 266 g/mol. The average molecular weight is 289 g/mol. The summed E-state index contributed by atoms with van der Waals surface area (Å²) in [5.41, 5.74) is 3.31. The first-order chi connectivity index (χ1) is 9.97. The van der Waals surface area contributed by atoms with Gasteiger partial charge in [-0.15, -0.1) is 0 Å². The largest absolute Gasteiger partial charge is 0.465 e. The summed E-state index contributed by atoms with van der Waals surface area (Å²) in [4.78, 5) is 25.0. The van der Waals surface area contributed by atoms with E-state index in [0.717, 1.165) is 11.1 Å². The van der Waals surface area contributed by atoms with E-state index in [9.17, 15) is 9.59 Å². The summed E-state index contributed by atoms with van der Waals surface area (Å²) in [6.45, 7) is 8.40. The van der Waals surface area contributed by atoms with Gasteiger partial charge in [-0.25, -0.2) is 0 Å². The van der Waals surface area contributed by atoms with E-state index < -0.39 is 0 Å². The Kier molecular flexibility index (Phi) is 6.66. The fraction of sp³-hybridized carbons (Fsp3) is 0.412. The SMILES string of the molecule is CCOC(=O)CN(CC)C(=O)/C=C/c1ccc(C)cc1C. The topological polar surface area (TPSA) is 46.6 Å². The van der Waals surface area contributed by atoms with Crippen LogP contribution in [0.5, 0.6) is 0 Å². The van der Waals surface area contributed by atoms with Crippen LogP contribution in [0.1, 0.15) is 30.5 Å². The quantitative estimate of drug-likeness (QED) is 0.597. The molecule has 0 atom stereocenters. The van der Waals surface area contributed by atoms with Crippen molar-refractivity contribution in [1.82, 2.24) is 4.90 Å². The van der Waals surface area contributed by atoms with Crippen molar-refractivity contribution < 1.29 is 14.3 Å². The Morgan fingerprint density at radius 2 is 1.95 bits per heavy atom. The average Bonchev–Trinajstić information content (AvgIpc) is 2.43. The van der Waals surface area contributed by atoms with Crippen LogP contribution in [0.15, 0.2) is 24.3 Å². The smallest absolute Gasteiger partial charge is 0.325 e. The van der Waals surface area contributed by atoms with Gasteiger partial charge in [-0.3, -0.25) is 9.59 Å². The van der Waals surface area contributed by atoms with Crippen LogP contribution in [0.4, 0.5) is 0 Å². The number of carbonyl (C=O) groups is 2. The van der Waals surface area contributed by atoms with Crippen LogP contribution in [-0.4, -0.2) is 36.5 Å². The number of ether oxygens (including phenoxy) is 1. The first-order valence-corrected chi connectivity index (χ1v) is 7.17. The maximum atomic E-state index is 12.1. The van der Waals surface area contributed by atoms with Crippen LogP contribution in [0.3, 0.4) is 0 Å². The van der Waals surface area contributed by atoms with Crippen molar-refractivity contribution in [3.8, 4) is 0 Å². The number of hydrogen-bond acceptors (Lipinski definition) is 3. The van der Waals surface area contributed by atoms with Crippen LogP contribution in [0.2, 0.25) is 0 Å². The van der Waals surface area contributed by atoms with Gasteiger partial charge in [0.2, 0.25) is 5.91 Å². The third kappa shape index (κ3) is 5.42. The summed E-state index contributed by atoms with van der Waals surface area (Å²) in [5, 5.41) is 0. The van der Waals surface area contributed by atoms with Crippen LogP contribution < -0.4 is 0 Å². The highest BCUT2D eigenvalue weighted by Gasteiger charge is 2.13. The predicted molar refractivity (Wildman–Crippen MR) is 83.8 cm³/mol. The standard InChI is InChI=1S/C17H23NO3/c1-5-18(12-17(20)21-6-2)16(19)10-9-15-8-7-13(3)11-14(15)4/h7-11H,5-6,12H2,1-4H3/b10-9+. The number of nitrogens with zero attached hydrogens (tertiary/aromatic N) is 1. The van der Waals surface area contributed by atoms with Gasteiger partial charge < -0.3 is 9.64 Å². The number of benzene rings is 1. The Balaban J connectivity index is 2.73. The number of aryl methyl sites for hydroxylation is 2. The molecule has 0 aliphatic rings. The van der Waals surface area contributed by atoms with Crippen LogP contribution in [0.25, 0.3) is 6.08 Å². The fourth-order valence-electron chi connectivity index (χ4n) is 1.99. The molecule has 114 valence electrons. The Hall–Kier alpha value is -2.10. The summed E-state index contributed by atoms with van der Waals surface area (Å²) in [7, 11) is 0. The van der Waals surface area contributed by atoms with E-state index in [1.54, 1.807) is 13.0 Å². The maximum absolute atomic E-state index is 12.1. The Bertz CT molecular complexity index is 535. The van der Waals surface area contributed by atoms with Crippen LogP contribution >= 0.6 is 0 Å². The predicted octanol–water partition coefficient (Wildman–Crippen LogP) is 2.73. The van der Waals surface area contributed by atoms with Gasteiger partial charge in [0.05, 0.1) is 6.61 Å². The number of rotatable bonds is 6. The highest BCUT2D eigenvalue weighted by atomic mass is 16.5. The molecule has 1 amide bonds. The van der Waals surface area contributed by atoms with Gasteiger partial charge in [0.25, 0.3) is 0 Å². The second-order valence-corrected chi connectivity index (χ2v) is 4.85. The lowest BCUT2D eigenvalue weighted by Gasteiger charge is -2.17. The summed E-state index contributed by atoms with van der Waals surface area (Å²) >= 11 is 0. The Morgan fingerprint density at radius 3 is 2.52 bits per heavy atom. The highest BCUT2D eigenvalue weighted by Crippen LogP contribution is 2.12. The molecule has 4 heteroatoms. The van der Waals surface area contributed by atoms with Crippen molar-refractivity contribution in [2.45, 2.75) is 27.7 Å². The lowest BCUT2D eigenvalue weighted by atomic mass is 10.1. The molecule has 0 saturated carbocycles. The second kappa shape index (κ2) is 8.25. The highest BCUT2D eigenvalue weighted by molar-refractivity contribution is 5.93. The molecule has 0 N–H and O–H groups in total. The van der Waals surface area contributed by atoms with E-state index in [2.05, 4.69) is 6.07 Å². The van der Waals surface area contributed by atoms with Gasteiger partial charge in [0.1, 0.15) is 6.54 Å². The van der Waals surface area contributed by atoms with E-state index >= 15 is 0 Å². The van der Waals surface area contributed by atoms with Gasteiger partial charge >= 0.3 is 5.97 Å². The molecule has 0 aliphatic carbocycles. The Morgan fingerprint density at radius 1 is 1.24 bits per heavy atom. The summed E-state index contributed by atoms with van der Waals surface area (Å²) < 4.78 is 4.86. The van der Waals surface area contributed by atoms with Crippen molar-refractivity contribution in [3.63, 3.8) is 0 Å². The van der Waals surface area contributed by atoms with E-state index in [-0.39, 0.29) is 18.4 Å². The van der Waals surface area contributed by atoms with Crippen LogP contribution in [-0.2, 0) is 14.3 Å². The third-order valence-electron chi connectivity index (χ3n) is 3.15. The lowest BCUT2D eigenvalue weighted by molar-refractivity contribution is -0.147. The van der Waals surface area contributed by atoms with Crippen molar-refractivity contribution in [2.24, 2.45) is 0 Å². The van der Waals surface area contributed by atoms with Crippen molar-refractivity contribution in [2.75, 3.05) is 19.7 Å². The van der Waals surface area contributed by atoms with Gasteiger partial charge in [-0.05, 0) is 44.9 Å². The first-order valence-electron chi connectivity index (χ1n) is 7.17. The van der Waals surface area contributed by atoms with E-state index in [1.807, 2.05) is 32.9 Å². The number of esters is 1. The molecule has 0 heterocycles. The molecule has 0 aliphatic heterocycles. The molecule has 0 radical (unpaired) electrons. The minimum absolute atomic E-state index is 0.0135. The van der Waals surface area contributed by atoms with Gasteiger partial charge in [0, 0.05) is 12.6 Å². The molecule has 0 aromatic heterocycles. The molecule has 0 saturated heterocycles. The molecule has 21 heavy (non-hydrogen) atoms. The monoisotopic (exact) mass is 289 g/mol. The Labute approximate surface area is 126 Å². The van der Waals surface area contributed by atoms with Crippen molar-refractivity contribution in [1.29, 1.82) is 0 Å². The van der Waals surface area contributed by atoms with E-state index in [1.165, 1.54) is 16.5 Å². The molecule has 1 aromatic rings. The summed E-state index contributed by atoms with van der Waals surface area (Å²) in [6.07, 6.45) is 3.28. The molecule has 0 unspecified atom stereocenters. The number of hydrogen-bond donors (Lipinski definition) is 0. The summed E-state index contributed by atoms with van der Waals surface area (Å²) in [5.74, 6) is -0.571. The zero-order valence-corrected chi connectivity index (χ0v) is 13.2. The van der Waals surface area contributed by atoms with E-state index in [4.69, 9.17) is 4.74 Å². The molecule has 0 fully saturated rings. The normalized spacial score (nSPS) is 10.7. The fourth-order valence-corrected chi connectivity index (χ4v) is 1.99. The summed E-state index contributed by atoms with van der Waals surface area (Å²) in [6, 6.07) is 6.06. The molecule has 1 aromatic carbocycles. The zero-order chi connectivity index (χ0) is 15.8. The minimum Gasteiger partial charge on any atom is -0.465 e. The molecule has 1 rings (SSSR count). The van der Waals surface area contributed by atoms with E-state index in [0.29, 0.717) is 13.2 Å². The zero-order valence-electron chi connectivity index (χ0n) is 13.2. The number of carbonyl (C=O) groups excluding carboxylic acids is 2. The third-order valence-corrected chi connectivity index (χ3v) is 3.15. The number of likely N-dealkylation sites (N-methyl/N-ethyl adjacent to an activating group) is 1. The molecule has 0 bridgehead atoms. The van der Waals surface area contributed by atoms with Crippen LogP contribution in [0, 0.1) is 13.8 Å². The minimum atomic E-state index is -0.382. The van der Waals surface area contributed by atoms with Crippen molar-refractivity contribution in [3.05, 3.63) is 41.0 Å². The first kappa shape index (κ1) is 17.0. The number of amides is 1. The molecule has 4 nitrogen and oxygen atoms in total. The van der Waals surface area contributed by atoms with Gasteiger partial charge in [0.15, 0.2) is 0 Å². The second-order valence-electron chi connectivity index (χ2n) is 4.85. The van der Waals surface area contributed by atoms with Crippen molar-refractivity contribution >= 4 is 18.0 Å². The van der Waals surface area contributed by atoms with Gasteiger partial charge in [-0.1, -0.05) is 23.8 Å².